The predicted octanol–water partition coefficient (Wildman–Crippen LogP) is 3.57. The lowest BCUT2D eigenvalue weighted by Crippen LogP contribution is -2.27. The Labute approximate surface area is 307 Å². The third-order valence-electron chi connectivity index (χ3n) is 6.96. The smallest absolute Gasteiger partial charge is 0.251 e. The summed E-state index contributed by atoms with van der Waals surface area (Å²) in [6.07, 6.45) is 1.71. The summed E-state index contributed by atoms with van der Waals surface area (Å²) in [6.45, 7) is 4.77. The quantitative estimate of drug-likeness (QED) is 0.0270. The molecule has 2 amide bonds. The molecule has 2 heterocycles. The highest BCUT2D eigenvalue weighted by Gasteiger charge is 2.10. The molecule has 0 radical (unpaired) electrons. The van der Waals surface area contributed by atoms with E-state index in [1.54, 1.807) is 42.6 Å². The van der Waals surface area contributed by atoms with Crippen molar-refractivity contribution in [2.45, 2.75) is 6.54 Å². The van der Waals surface area contributed by atoms with E-state index >= 15 is 0 Å². The maximum absolute atomic E-state index is 12.6. The highest BCUT2D eigenvalue weighted by atomic mass is 16.5. The van der Waals surface area contributed by atoms with Crippen molar-refractivity contribution in [2.75, 3.05) is 95.0 Å². The van der Waals surface area contributed by atoms with Crippen LogP contribution in [0.1, 0.15) is 26.4 Å². The van der Waals surface area contributed by atoms with Crippen molar-refractivity contribution in [3.8, 4) is 0 Å². The lowest BCUT2D eigenvalue weighted by Gasteiger charge is -2.12. The number of carbonyl (C=O) groups excluding carboxylic acids is 2. The molecule has 4 rings (SSSR count). The monoisotopic (exact) mass is 728 g/mol. The van der Waals surface area contributed by atoms with Gasteiger partial charge in [-0.05, 0) is 54.1 Å². The van der Waals surface area contributed by atoms with Gasteiger partial charge in [0.2, 0.25) is 17.8 Å². The van der Waals surface area contributed by atoms with Crippen molar-refractivity contribution >= 4 is 35.3 Å². The van der Waals surface area contributed by atoms with Gasteiger partial charge in [0.15, 0.2) is 0 Å². The predicted molar refractivity (Wildman–Crippen MR) is 198 cm³/mol. The molecule has 53 heavy (non-hydrogen) atoms. The van der Waals surface area contributed by atoms with Gasteiger partial charge in [0.05, 0.1) is 65.1 Å². The van der Waals surface area contributed by atoms with Crippen LogP contribution in [0.15, 0.2) is 84.1 Å². The van der Waals surface area contributed by atoms with Gasteiger partial charge in [0.25, 0.3) is 11.8 Å². The van der Waals surface area contributed by atoms with Crippen LogP contribution in [0.5, 0.6) is 0 Å². The molecule has 0 saturated carbocycles. The number of benzene rings is 2. The van der Waals surface area contributed by atoms with E-state index in [1.807, 2.05) is 36.4 Å². The first-order valence-electron chi connectivity index (χ1n) is 17.0. The number of carbonyl (C=O) groups is 2. The average Bonchev–Trinajstić information content (AvgIpc) is 3.19. The Balaban J connectivity index is 1.18. The number of rotatable bonds is 26. The van der Waals surface area contributed by atoms with Crippen molar-refractivity contribution in [1.29, 1.82) is 0 Å². The zero-order valence-electron chi connectivity index (χ0n) is 29.3. The molecule has 0 aliphatic carbocycles. The molecule has 280 valence electrons. The van der Waals surface area contributed by atoms with E-state index in [2.05, 4.69) is 56.5 Å². The number of ether oxygens (including phenoxy) is 4. The van der Waals surface area contributed by atoms with Crippen LogP contribution >= 0.6 is 0 Å². The fourth-order valence-corrected chi connectivity index (χ4v) is 4.39. The number of pyridine rings is 1. The number of aromatic nitrogens is 4. The van der Waals surface area contributed by atoms with Gasteiger partial charge in [0, 0.05) is 54.1 Å². The van der Waals surface area contributed by atoms with Gasteiger partial charge in [-0.25, -0.2) is 0 Å². The van der Waals surface area contributed by atoms with E-state index in [0.29, 0.717) is 108 Å². The van der Waals surface area contributed by atoms with Gasteiger partial charge < -0.3 is 45.5 Å². The fraction of sp³-hybridized carbons (Fsp3) is 0.371. The highest BCUT2D eigenvalue weighted by molar-refractivity contribution is 5.94. The van der Waals surface area contributed by atoms with Crippen molar-refractivity contribution in [2.24, 2.45) is 5.11 Å². The molecule has 0 spiro atoms. The van der Waals surface area contributed by atoms with Gasteiger partial charge in [-0.15, -0.1) is 0 Å². The van der Waals surface area contributed by atoms with Crippen molar-refractivity contribution in [3.63, 3.8) is 0 Å². The fourth-order valence-electron chi connectivity index (χ4n) is 4.39. The molecule has 4 aromatic rings. The van der Waals surface area contributed by atoms with Crippen LogP contribution in [-0.2, 0) is 25.5 Å². The highest BCUT2D eigenvalue weighted by Crippen LogP contribution is 2.17. The van der Waals surface area contributed by atoms with E-state index < -0.39 is 0 Å². The van der Waals surface area contributed by atoms with Gasteiger partial charge in [-0.2, -0.15) is 15.0 Å². The summed E-state index contributed by atoms with van der Waals surface area (Å²) in [4.78, 5) is 45.1. The molecule has 0 aliphatic heterocycles. The Morgan fingerprint density at radius 1 is 0.623 bits per heavy atom. The molecule has 18 nitrogen and oxygen atoms in total. The first-order valence-corrected chi connectivity index (χ1v) is 17.0. The van der Waals surface area contributed by atoms with E-state index in [1.165, 1.54) is 0 Å². The summed E-state index contributed by atoms with van der Waals surface area (Å²) < 4.78 is 21.9. The summed E-state index contributed by atoms with van der Waals surface area (Å²) in [5.41, 5.74) is 10.8. The van der Waals surface area contributed by atoms with E-state index in [0.717, 1.165) is 5.69 Å². The summed E-state index contributed by atoms with van der Waals surface area (Å²) in [5.74, 6) is 0.580. The Morgan fingerprint density at radius 2 is 1.19 bits per heavy atom. The maximum atomic E-state index is 12.6. The van der Waals surface area contributed by atoms with Crippen LogP contribution in [0, 0.1) is 0 Å². The Morgan fingerprint density at radius 3 is 1.81 bits per heavy atom. The lowest BCUT2D eigenvalue weighted by atomic mass is 10.2. The summed E-state index contributed by atoms with van der Waals surface area (Å²) in [6, 6.07) is 21.6. The van der Waals surface area contributed by atoms with Crippen molar-refractivity contribution in [3.05, 3.63) is 106 Å². The van der Waals surface area contributed by atoms with Crippen LogP contribution in [0.3, 0.4) is 0 Å². The van der Waals surface area contributed by atoms with Crippen LogP contribution < -0.4 is 26.6 Å². The van der Waals surface area contributed by atoms with E-state index in [-0.39, 0.29) is 24.3 Å². The zero-order chi connectivity index (χ0) is 37.2. The first kappa shape index (κ1) is 39.9. The maximum Gasteiger partial charge on any atom is 0.251 e. The minimum absolute atomic E-state index is 0.138. The number of hydrogen-bond acceptors (Lipinski definition) is 14. The summed E-state index contributed by atoms with van der Waals surface area (Å²) in [5, 5.41) is 18.5. The summed E-state index contributed by atoms with van der Waals surface area (Å²) >= 11 is 0. The first-order chi connectivity index (χ1) is 26.1. The second-order valence-electron chi connectivity index (χ2n) is 10.9. The second-order valence-corrected chi connectivity index (χ2v) is 10.9. The van der Waals surface area contributed by atoms with Crippen LogP contribution in [0.2, 0.25) is 0 Å². The number of anilines is 4. The van der Waals surface area contributed by atoms with E-state index in [4.69, 9.17) is 24.5 Å². The van der Waals surface area contributed by atoms with Gasteiger partial charge in [0.1, 0.15) is 0 Å². The number of hydrogen-bond donors (Lipinski definition) is 5. The molecule has 5 N–H and O–H groups in total. The number of nitrogens with zero attached hydrogens (tertiary/aromatic N) is 7. The molecular formula is C35H44N12O6. The Kier molecular flexibility index (Phi) is 18.3. The minimum Gasteiger partial charge on any atom is -0.379 e. The van der Waals surface area contributed by atoms with Gasteiger partial charge >= 0.3 is 0 Å². The Hall–Kier alpha value is -5.91. The van der Waals surface area contributed by atoms with E-state index in [9.17, 15) is 9.59 Å². The van der Waals surface area contributed by atoms with Crippen molar-refractivity contribution in [1.82, 2.24) is 30.6 Å². The topological polar surface area (TPSA) is 232 Å². The molecule has 0 atom stereocenters. The third-order valence-corrected chi connectivity index (χ3v) is 6.96. The minimum atomic E-state index is -0.237. The van der Waals surface area contributed by atoms with Crippen LogP contribution in [0.4, 0.5) is 23.5 Å². The zero-order valence-corrected chi connectivity index (χ0v) is 29.3. The lowest BCUT2D eigenvalue weighted by molar-refractivity contribution is 0.0511. The standard InChI is InChI=1S/C35H44N12O6/c36-47-42-17-21-53-25-24-51-19-15-39-32(49)28-9-11-29(12-10-28)43-35-45-33(44-34(46-35)41-26-30-8-4-5-13-37-30)40-16-20-52-23-22-50-18-14-38-31(48)27-6-2-1-3-7-27/h1-13H,14-26H2,(H,38,48)(H,39,49)(H3,40,41,43,44,45,46). The average molecular weight is 729 g/mol. The number of amides is 2. The Bertz CT molecular complexity index is 1700. The van der Waals surface area contributed by atoms with Crippen LogP contribution in [-0.4, -0.2) is 111 Å². The molecule has 0 bridgehead atoms. The van der Waals surface area contributed by atoms with Crippen LogP contribution in [0.25, 0.3) is 10.4 Å². The molecule has 0 saturated heterocycles. The van der Waals surface area contributed by atoms with Gasteiger partial charge in [-0.3, -0.25) is 14.6 Å². The third kappa shape index (κ3) is 16.3. The molecule has 0 fully saturated rings. The molecule has 2 aromatic heterocycles. The molecular weight excluding hydrogens is 684 g/mol. The second kappa shape index (κ2) is 24.3. The normalized spacial score (nSPS) is 10.6. The molecule has 0 unspecified atom stereocenters. The molecule has 18 heteroatoms. The SMILES string of the molecule is [N-]=[N+]=NCCOCCOCCNC(=O)c1ccc(Nc2nc(NCCOCCOCCNC(=O)c3ccccc3)nc(NCc3ccccn3)n2)cc1. The largest absolute Gasteiger partial charge is 0.379 e. The van der Waals surface area contributed by atoms with Crippen molar-refractivity contribution < 1.29 is 28.5 Å². The molecule has 2 aromatic carbocycles. The van der Waals surface area contributed by atoms with Gasteiger partial charge in [-0.1, -0.05) is 29.4 Å². The molecule has 0 aliphatic rings. The summed E-state index contributed by atoms with van der Waals surface area (Å²) in [7, 11) is 0. The number of nitrogens with one attached hydrogen (secondary N) is 5. The number of azide groups is 1.